The molecular formula is C24H26N2O4S. The summed E-state index contributed by atoms with van der Waals surface area (Å²) in [6, 6.07) is 22.3. The van der Waals surface area contributed by atoms with Crippen molar-refractivity contribution in [3.8, 4) is 5.75 Å². The van der Waals surface area contributed by atoms with Crippen LogP contribution in [0.25, 0.3) is 0 Å². The van der Waals surface area contributed by atoms with Gasteiger partial charge in [0.15, 0.2) is 0 Å². The molecule has 3 aromatic carbocycles. The molecule has 7 heteroatoms. The fourth-order valence-electron chi connectivity index (χ4n) is 2.94. The van der Waals surface area contributed by atoms with E-state index in [-0.39, 0.29) is 22.4 Å². The number of rotatable bonds is 8. The van der Waals surface area contributed by atoms with Crippen LogP contribution in [0.15, 0.2) is 83.8 Å². The first-order valence-corrected chi connectivity index (χ1v) is 11.4. The fraction of sp³-hybridized carbons (Fsp3) is 0.208. The van der Waals surface area contributed by atoms with E-state index in [9.17, 15) is 13.2 Å². The molecule has 0 fully saturated rings. The van der Waals surface area contributed by atoms with Crippen LogP contribution < -0.4 is 14.4 Å². The zero-order chi connectivity index (χ0) is 22.4. The molecule has 0 aliphatic carbocycles. The van der Waals surface area contributed by atoms with Gasteiger partial charge in [-0.1, -0.05) is 42.0 Å². The number of amides is 1. The van der Waals surface area contributed by atoms with Gasteiger partial charge in [-0.05, 0) is 56.3 Å². The van der Waals surface area contributed by atoms with Crippen molar-refractivity contribution >= 4 is 21.6 Å². The molecule has 3 rings (SSSR count). The maximum absolute atomic E-state index is 13.0. The molecule has 31 heavy (non-hydrogen) atoms. The molecule has 0 unspecified atom stereocenters. The molecule has 0 radical (unpaired) electrons. The molecule has 162 valence electrons. The SMILES string of the molecule is Cc1ccc(N(C)S(=O)(=O)c2cccc(C(=O)N[C@@H](C)COc3ccccc3)c2)cc1. The number of aryl methyl sites for hydroxylation is 1. The Hall–Kier alpha value is -3.32. The van der Waals surface area contributed by atoms with Crippen molar-refractivity contribution in [2.75, 3.05) is 18.0 Å². The number of para-hydroxylation sites is 1. The maximum Gasteiger partial charge on any atom is 0.264 e. The highest BCUT2D eigenvalue weighted by atomic mass is 32.2. The monoisotopic (exact) mass is 438 g/mol. The number of nitrogens with zero attached hydrogens (tertiary/aromatic N) is 1. The van der Waals surface area contributed by atoms with E-state index in [2.05, 4.69) is 5.32 Å². The first-order valence-electron chi connectivity index (χ1n) is 9.92. The molecule has 1 atom stereocenters. The van der Waals surface area contributed by atoms with Gasteiger partial charge in [-0.2, -0.15) is 0 Å². The fourth-order valence-corrected chi connectivity index (χ4v) is 4.18. The standard InChI is InChI=1S/C24H26N2O4S/c1-18-12-14-21(15-13-18)26(3)31(28,29)23-11-7-8-20(16-23)24(27)25-19(2)17-30-22-9-5-4-6-10-22/h4-16,19H,17H2,1-3H3,(H,25,27)/t19-/m0/s1. The topological polar surface area (TPSA) is 75.7 Å². The lowest BCUT2D eigenvalue weighted by Crippen LogP contribution is -2.37. The number of sulfonamides is 1. The van der Waals surface area contributed by atoms with E-state index < -0.39 is 10.0 Å². The summed E-state index contributed by atoms with van der Waals surface area (Å²) in [5, 5.41) is 2.84. The molecule has 0 saturated heterocycles. The second-order valence-electron chi connectivity index (χ2n) is 7.33. The average Bonchev–Trinajstić information content (AvgIpc) is 2.78. The van der Waals surface area contributed by atoms with Crippen LogP contribution in [0.4, 0.5) is 5.69 Å². The van der Waals surface area contributed by atoms with Gasteiger partial charge in [0.1, 0.15) is 12.4 Å². The van der Waals surface area contributed by atoms with Crippen LogP contribution in [0.1, 0.15) is 22.8 Å². The molecule has 1 amide bonds. The van der Waals surface area contributed by atoms with Crippen molar-refractivity contribution in [1.82, 2.24) is 5.32 Å². The summed E-state index contributed by atoms with van der Waals surface area (Å²) in [7, 11) is -2.31. The predicted molar refractivity (Wildman–Crippen MR) is 122 cm³/mol. The Morgan fingerprint density at radius 3 is 2.35 bits per heavy atom. The van der Waals surface area contributed by atoms with Gasteiger partial charge in [-0.3, -0.25) is 9.10 Å². The van der Waals surface area contributed by atoms with Gasteiger partial charge in [0, 0.05) is 12.6 Å². The molecule has 0 heterocycles. The zero-order valence-corrected chi connectivity index (χ0v) is 18.6. The Balaban J connectivity index is 1.69. The first kappa shape index (κ1) is 22.4. The van der Waals surface area contributed by atoms with Crippen LogP contribution >= 0.6 is 0 Å². The Labute approximate surface area is 183 Å². The molecule has 0 aromatic heterocycles. The quantitative estimate of drug-likeness (QED) is 0.576. The van der Waals surface area contributed by atoms with Gasteiger partial charge in [-0.25, -0.2) is 8.42 Å². The molecule has 6 nitrogen and oxygen atoms in total. The van der Waals surface area contributed by atoms with Gasteiger partial charge in [0.05, 0.1) is 16.6 Å². The third-order valence-electron chi connectivity index (χ3n) is 4.77. The molecule has 0 aliphatic heterocycles. The zero-order valence-electron chi connectivity index (χ0n) is 17.8. The van der Waals surface area contributed by atoms with Gasteiger partial charge >= 0.3 is 0 Å². The van der Waals surface area contributed by atoms with Crippen molar-refractivity contribution in [1.29, 1.82) is 0 Å². The highest BCUT2D eigenvalue weighted by Gasteiger charge is 2.22. The predicted octanol–water partition coefficient (Wildman–Crippen LogP) is 4.02. The lowest BCUT2D eigenvalue weighted by atomic mass is 10.2. The van der Waals surface area contributed by atoms with E-state index in [4.69, 9.17) is 4.74 Å². The van der Waals surface area contributed by atoms with E-state index in [1.807, 2.05) is 56.3 Å². The summed E-state index contributed by atoms with van der Waals surface area (Å²) in [6.07, 6.45) is 0. The van der Waals surface area contributed by atoms with Crippen LogP contribution in [0.3, 0.4) is 0 Å². The number of ether oxygens (including phenoxy) is 1. The summed E-state index contributed by atoms with van der Waals surface area (Å²) in [6.45, 7) is 4.06. The number of carbonyl (C=O) groups is 1. The highest BCUT2D eigenvalue weighted by Crippen LogP contribution is 2.23. The van der Waals surface area contributed by atoms with E-state index in [1.54, 1.807) is 24.3 Å². The molecule has 0 saturated carbocycles. The van der Waals surface area contributed by atoms with Crippen molar-refractivity contribution in [2.24, 2.45) is 0 Å². The van der Waals surface area contributed by atoms with Crippen LogP contribution in [0, 0.1) is 6.92 Å². The summed E-state index contributed by atoms with van der Waals surface area (Å²) < 4.78 is 33.0. The summed E-state index contributed by atoms with van der Waals surface area (Å²) >= 11 is 0. The Kier molecular flexibility index (Phi) is 6.97. The van der Waals surface area contributed by atoms with Crippen molar-refractivity contribution in [3.63, 3.8) is 0 Å². The lowest BCUT2D eigenvalue weighted by molar-refractivity contribution is 0.0926. The Bertz CT molecular complexity index is 1130. The van der Waals surface area contributed by atoms with Gasteiger partial charge in [-0.15, -0.1) is 0 Å². The van der Waals surface area contributed by atoms with Crippen LogP contribution in [0.2, 0.25) is 0 Å². The van der Waals surface area contributed by atoms with Crippen LogP contribution in [-0.4, -0.2) is 34.0 Å². The molecule has 1 N–H and O–H groups in total. The van der Waals surface area contributed by atoms with Crippen molar-refractivity contribution < 1.29 is 17.9 Å². The smallest absolute Gasteiger partial charge is 0.264 e. The number of benzene rings is 3. The normalized spacial score (nSPS) is 12.1. The summed E-state index contributed by atoms with van der Waals surface area (Å²) in [5.41, 5.74) is 1.86. The average molecular weight is 439 g/mol. The van der Waals surface area contributed by atoms with Crippen LogP contribution in [-0.2, 0) is 10.0 Å². The molecule has 0 bridgehead atoms. The third kappa shape index (κ3) is 5.64. The number of carbonyl (C=O) groups excluding carboxylic acids is 1. The minimum absolute atomic E-state index is 0.0522. The van der Waals surface area contributed by atoms with Gasteiger partial charge in [0.2, 0.25) is 0 Å². The summed E-state index contributed by atoms with van der Waals surface area (Å²) in [4.78, 5) is 12.7. The van der Waals surface area contributed by atoms with Crippen molar-refractivity contribution in [2.45, 2.75) is 24.8 Å². The minimum Gasteiger partial charge on any atom is -0.491 e. The minimum atomic E-state index is -3.81. The number of hydrogen-bond acceptors (Lipinski definition) is 4. The molecule has 0 spiro atoms. The second kappa shape index (κ2) is 9.66. The second-order valence-corrected chi connectivity index (χ2v) is 9.30. The molecular weight excluding hydrogens is 412 g/mol. The van der Waals surface area contributed by atoms with Gasteiger partial charge < -0.3 is 10.1 Å². The molecule has 3 aromatic rings. The lowest BCUT2D eigenvalue weighted by Gasteiger charge is -2.20. The largest absolute Gasteiger partial charge is 0.491 e. The number of anilines is 1. The van der Waals surface area contributed by atoms with E-state index >= 15 is 0 Å². The first-order chi connectivity index (χ1) is 14.8. The van der Waals surface area contributed by atoms with E-state index in [0.29, 0.717) is 12.3 Å². The Morgan fingerprint density at radius 2 is 1.68 bits per heavy atom. The van der Waals surface area contributed by atoms with E-state index in [0.717, 1.165) is 11.3 Å². The maximum atomic E-state index is 13.0. The van der Waals surface area contributed by atoms with E-state index in [1.165, 1.54) is 23.5 Å². The van der Waals surface area contributed by atoms with Crippen molar-refractivity contribution in [3.05, 3.63) is 90.0 Å². The number of nitrogens with one attached hydrogen (secondary N) is 1. The third-order valence-corrected chi connectivity index (χ3v) is 6.55. The Morgan fingerprint density at radius 1 is 1.00 bits per heavy atom. The van der Waals surface area contributed by atoms with Crippen LogP contribution in [0.5, 0.6) is 5.75 Å². The number of hydrogen-bond donors (Lipinski definition) is 1. The summed E-state index contributed by atoms with van der Waals surface area (Å²) in [5.74, 6) is 0.357. The molecule has 0 aliphatic rings. The highest BCUT2D eigenvalue weighted by molar-refractivity contribution is 7.92. The van der Waals surface area contributed by atoms with Gasteiger partial charge in [0.25, 0.3) is 15.9 Å².